The molecule has 1 atom stereocenters. The molecular weight excluding hydrogens is 330 g/mol. The number of amides is 1. The fraction of sp³-hybridized carbons (Fsp3) is 0.278. The van der Waals surface area contributed by atoms with Crippen molar-refractivity contribution in [3.8, 4) is 0 Å². The Morgan fingerprint density at radius 1 is 1.16 bits per heavy atom. The molecule has 0 spiro atoms. The van der Waals surface area contributed by atoms with Gasteiger partial charge in [-0.25, -0.2) is 0 Å². The molecule has 1 saturated heterocycles. The molecule has 2 aromatic rings. The third-order valence-electron chi connectivity index (χ3n) is 4.73. The summed E-state index contributed by atoms with van der Waals surface area (Å²) < 4.78 is 0. The molecule has 125 valence electrons. The maximum absolute atomic E-state index is 12.2. The molecule has 7 heteroatoms. The molecule has 1 amide bonds. The molecule has 0 aromatic heterocycles. The van der Waals surface area contributed by atoms with Crippen molar-refractivity contribution < 1.29 is 4.79 Å². The Morgan fingerprint density at radius 3 is 2.24 bits per heavy atom. The molecule has 25 heavy (non-hydrogen) atoms. The predicted octanol–water partition coefficient (Wildman–Crippen LogP) is 2.65. The van der Waals surface area contributed by atoms with E-state index in [4.69, 9.17) is 12.7 Å². The molecule has 1 heterocycles. The molecule has 0 aliphatic carbocycles. The Labute approximate surface area is 148 Å². The van der Waals surface area contributed by atoms with Crippen LogP contribution in [0.4, 0.5) is 0 Å². The van der Waals surface area contributed by atoms with Gasteiger partial charge in [-0.15, -0.1) is 0 Å². The summed E-state index contributed by atoms with van der Waals surface area (Å²) in [6.07, 6.45) is 0.857. The van der Waals surface area contributed by atoms with Gasteiger partial charge in [-0.05, 0) is 0 Å². The van der Waals surface area contributed by atoms with E-state index in [-0.39, 0.29) is 18.1 Å². The van der Waals surface area contributed by atoms with E-state index in [0.29, 0.717) is 13.1 Å². The molecular formula is C18H19BN4OP. The molecule has 0 bridgehead atoms. The van der Waals surface area contributed by atoms with Crippen molar-refractivity contribution in [2.75, 3.05) is 19.6 Å². The first-order valence-corrected chi connectivity index (χ1v) is 10.2. The average Bonchev–Trinajstić information content (AvgIpc) is 3.17. The Morgan fingerprint density at radius 2 is 1.72 bits per heavy atom. The maximum atomic E-state index is 12.2. The molecule has 1 fully saturated rings. The molecule has 1 aliphatic rings. The van der Waals surface area contributed by atoms with E-state index in [1.165, 1.54) is 0 Å². The van der Waals surface area contributed by atoms with E-state index in [1.54, 1.807) is 4.90 Å². The number of rotatable bonds is 5. The minimum atomic E-state index is -2.12. The van der Waals surface area contributed by atoms with E-state index in [1.807, 2.05) is 36.4 Å². The zero-order valence-corrected chi connectivity index (χ0v) is 14.8. The summed E-state index contributed by atoms with van der Waals surface area (Å²) in [6, 6.07) is 20.4. The van der Waals surface area contributed by atoms with Crippen molar-refractivity contribution in [1.29, 1.82) is 0 Å². The van der Waals surface area contributed by atoms with Crippen LogP contribution >= 0.6 is 6.75 Å². The molecule has 5 nitrogen and oxygen atoms in total. The number of likely N-dealkylation sites (tertiary alicyclic amines) is 1. The Hall–Kier alpha value is -2.29. The second kappa shape index (κ2) is 7.73. The first-order chi connectivity index (χ1) is 12.2. The summed E-state index contributed by atoms with van der Waals surface area (Å²) in [5.41, 5.74) is 8.61. The first kappa shape index (κ1) is 17.5. The van der Waals surface area contributed by atoms with E-state index >= 15 is 0 Å². The van der Waals surface area contributed by atoms with Crippen molar-refractivity contribution >= 4 is 30.5 Å². The second-order valence-electron chi connectivity index (χ2n) is 6.12. The quantitative estimate of drug-likeness (QED) is 0.269. The van der Waals surface area contributed by atoms with Crippen LogP contribution in [0.25, 0.3) is 10.4 Å². The van der Waals surface area contributed by atoms with Crippen LogP contribution < -0.4 is 10.6 Å². The van der Waals surface area contributed by atoms with Crippen molar-refractivity contribution in [2.24, 2.45) is 5.11 Å². The number of hydrogen-bond donors (Lipinski definition) is 0. The second-order valence-corrected chi connectivity index (χ2v) is 9.44. The number of carbonyl (C=O) groups excluding carboxylic acids is 1. The minimum absolute atomic E-state index is 0.129. The van der Waals surface area contributed by atoms with Gasteiger partial charge < -0.3 is 0 Å². The van der Waals surface area contributed by atoms with E-state index in [9.17, 15) is 4.79 Å². The summed E-state index contributed by atoms with van der Waals surface area (Å²) in [5, 5.41) is 5.68. The van der Waals surface area contributed by atoms with Crippen LogP contribution in [0.2, 0.25) is 0 Å². The third-order valence-corrected chi connectivity index (χ3v) is 8.61. The van der Waals surface area contributed by atoms with Gasteiger partial charge in [-0.2, -0.15) is 0 Å². The summed E-state index contributed by atoms with van der Waals surface area (Å²) in [5.74, 6) is -0.132. The molecule has 0 N–H and O–H groups in total. The van der Waals surface area contributed by atoms with Crippen molar-refractivity contribution in [2.45, 2.75) is 12.1 Å². The number of carbonyl (C=O) groups is 1. The number of azide groups is 1. The molecule has 0 unspecified atom stereocenters. The van der Waals surface area contributed by atoms with Gasteiger partial charge in [0.05, 0.1) is 0 Å². The van der Waals surface area contributed by atoms with Gasteiger partial charge in [0, 0.05) is 0 Å². The van der Waals surface area contributed by atoms with E-state index in [0.717, 1.165) is 17.0 Å². The van der Waals surface area contributed by atoms with Crippen LogP contribution in [0.1, 0.15) is 6.42 Å². The fourth-order valence-corrected chi connectivity index (χ4v) is 6.86. The Bertz CT molecular complexity index is 793. The summed E-state index contributed by atoms with van der Waals surface area (Å²) in [7, 11) is 7.10. The monoisotopic (exact) mass is 349 g/mol. The van der Waals surface area contributed by atoms with Gasteiger partial charge in [0.2, 0.25) is 0 Å². The molecule has 1 aliphatic heterocycles. The van der Waals surface area contributed by atoms with E-state index in [2.05, 4.69) is 34.3 Å². The average molecular weight is 349 g/mol. The summed E-state index contributed by atoms with van der Waals surface area (Å²) >= 11 is 0. The van der Waals surface area contributed by atoms with Crippen LogP contribution in [0.5, 0.6) is 0 Å². The van der Waals surface area contributed by atoms with Gasteiger partial charge in [0.1, 0.15) is 0 Å². The predicted molar refractivity (Wildman–Crippen MR) is 104 cm³/mol. The molecule has 0 saturated carbocycles. The van der Waals surface area contributed by atoms with Gasteiger partial charge in [0.25, 0.3) is 0 Å². The van der Waals surface area contributed by atoms with Crippen LogP contribution in [-0.2, 0) is 4.79 Å². The van der Waals surface area contributed by atoms with Gasteiger partial charge in [-0.1, -0.05) is 0 Å². The van der Waals surface area contributed by atoms with Gasteiger partial charge >= 0.3 is 148 Å². The zero-order chi connectivity index (χ0) is 17.7. The van der Waals surface area contributed by atoms with E-state index < -0.39 is 6.75 Å². The molecule has 2 aromatic carbocycles. The van der Waals surface area contributed by atoms with Crippen LogP contribution in [0.15, 0.2) is 65.8 Å². The summed E-state index contributed by atoms with van der Waals surface area (Å²) in [4.78, 5) is 16.6. The SMILES string of the molecule is [B]=P(c1ccccc1)(c1ccccc1)[C@@H]1CCN(C(=O)CN=[N+]=[N-])C1. The molecule has 1 radical (unpaired) electrons. The standard InChI is InChI=1S/C18H19BN4OP/c19-25(15-7-3-1-4-8-15,16-9-5-2-6-10-16)17-11-12-23(14-17)18(24)13-21-22-20/h1-10,17H,11-14H2/t17-/m1/s1. The Balaban J connectivity index is 1.93. The number of nitrogens with zero attached hydrogens (tertiary/aromatic N) is 4. The first-order valence-electron chi connectivity index (χ1n) is 8.23. The van der Waals surface area contributed by atoms with Crippen LogP contribution in [-0.4, -0.2) is 43.3 Å². The van der Waals surface area contributed by atoms with Crippen LogP contribution in [0, 0.1) is 0 Å². The van der Waals surface area contributed by atoms with Gasteiger partial charge in [0.15, 0.2) is 0 Å². The third kappa shape index (κ3) is 3.56. The fourth-order valence-electron chi connectivity index (χ4n) is 3.41. The summed E-state index contributed by atoms with van der Waals surface area (Å²) in [6.45, 7) is -0.990. The topological polar surface area (TPSA) is 69.1 Å². The zero-order valence-electron chi connectivity index (χ0n) is 13.9. The Kier molecular flexibility index (Phi) is 5.42. The van der Waals surface area contributed by atoms with Gasteiger partial charge in [-0.3, -0.25) is 0 Å². The van der Waals surface area contributed by atoms with Crippen molar-refractivity contribution in [3.05, 3.63) is 71.1 Å². The van der Waals surface area contributed by atoms with Crippen LogP contribution in [0.3, 0.4) is 0 Å². The number of benzene rings is 2. The normalized spacial score (nSPS) is 17.1. The van der Waals surface area contributed by atoms with Crippen molar-refractivity contribution in [1.82, 2.24) is 4.90 Å². The molecule has 3 rings (SSSR count). The number of hydrogen-bond acceptors (Lipinski definition) is 2. The van der Waals surface area contributed by atoms with Crippen molar-refractivity contribution in [3.63, 3.8) is 0 Å².